The van der Waals surface area contributed by atoms with Gasteiger partial charge < -0.3 is 10.6 Å². The van der Waals surface area contributed by atoms with E-state index in [0.29, 0.717) is 10.1 Å². The summed E-state index contributed by atoms with van der Waals surface area (Å²) in [4.78, 5) is 12.0. The van der Waals surface area contributed by atoms with Crippen molar-refractivity contribution in [2.75, 3.05) is 5.32 Å². The van der Waals surface area contributed by atoms with Gasteiger partial charge in [-0.1, -0.05) is 30.7 Å². The second kappa shape index (κ2) is 8.61. The molecule has 0 unspecified atom stereocenters. The largest absolute Gasteiger partial charge is 0.332 e. The van der Waals surface area contributed by atoms with E-state index in [1.165, 1.54) is 3.57 Å². The first-order valence-corrected chi connectivity index (χ1v) is 8.98. The quantitative estimate of drug-likeness (QED) is 0.521. The van der Waals surface area contributed by atoms with Crippen molar-refractivity contribution >= 4 is 63.1 Å². The number of benzene rings is 2. The molecule has 120 valence electrons. The zero-order valence-corrected chi connectivity index (χ0v) is 16.3. The van der Waals surface area contributed by atoms with Gasteiger partial charge in [0.25, 0.3) is 0 Å². The Labute approximate surface area is 159 Å². The van der Waals surface area contributed by atoms with Gasteiger partial charge in [-0.05, 0) is 82.7 Å². The van der Waals surface area contributed by atoms with E-state index in [1.807, 2.05) is 24.3 Å². The molecule has 0 saturated heterocycles. The van der Waals surface area contributed by atoms with Crippen LogP contribution in [-0.4, -0.2) is 11.0 Å². The Bertz CT molecular complexity index is 719. The number of amides is 1. The van der Waals surface area contributed by atoms with Gasteiger partial charge in [-0.25, -0.2) is 0 Å². The molecule has 0 heterocycles. The maximum absolute atomic E-state index is 12.0. The van der Waals surface area contributed by atoms with Crippen LogP contribution in [0.25, 0.3) is 0 Å². The monoisotopic (exact) mass is 458 g/mol. The van der Waals surface area contributed by atoms with E-state index in [0.717, 1.165) is 23.2 Å². The fraction of sp³-hybridized carbons (Fsp3) is 0.176. The van der Waals surface area contributed by atoms with Crippen LogP contribution in [0.5, 0.6) is 0 Å². The Balaban J connectivity index is 1.94. The first kappa shape index (κ1) is 18.2. The number of nitrogens with one attached hydrogen (secondary N) is 2. The Morgan fingerprint density at radius 2 is 1.91 bits per heavy atom. The highest BCUT2D eigenvalue weighted by atomic mass is 127. The van der Waals surface area contributed by atoms with Crippen LogP contribution in [0.3, 0.4) is 0 Å². The van der Waals surface area contributed by atoms with Crippen molar-refractivity contribution in [3.63, 3.8) is 0 Å². The molecule has 2 aromatic carbocycles. The molecule has 0 saturated carbocycles. The highest BCUT2D eigenvalue weighted by Gasteiger charge is 2.08. The molecular weight excluding hydrogens is 443 g/mol. The minimum atomic E-state index is -0.159. The molecule has 0 spiro atoms. The number of thiocarbonyl (C=S) groups is 1. The molecule has 0 fully saturated rings. The molecule has 2 rings (SSSR count). The molecule has 0 aliphatic carbocycles. The molecule has 0 aliphatic heterocycles. The van der Waals surface area contributed by atoms with Crippen LogP contribution >= 0.6 is 46.4 Å². The van der Waals surface area contributed by atoms with Crippen molar-refractivity contribution in [1.29, 1.82) is 0 Å². The standard InChI is InChI=1S/C17H16ClIN2OS/c1-2-12-10-14(19)7-8-15(12)20-17(23)21-16(22)9-11-3-5-13(18)6-4-11/h3-8,10H,2,9H2,1H3,(H2,20,21,22,23). The van der Waals surface area contributed by atoms with Gasteiger partial charge in [-0.3, -0.25) is 4.79 Å². The van der Waals surface area contributed by atoms with Crippen LogP contribution < -0.4 is 10.6 Å². The number of hydrogen-bond acceptors (Lipinski definition) is 2. The van der Waals surface area contributed by atoms with Gasteiger partial charge in [0.15, 0.2) is 5.11 Å². The topological polar surface area (TPSA) is 41.1 Å². The van der Waals surface area contributed by atoms with E-state index >= 15 is 0 Å². The molecule has 0 aromatic heterocycles. The van der Waals surface area contributed by atoms with Crippen molar-refractivity contribution in [3.8, 4) is 0 Å². The van der Waals surface area contributed by atoms with Crippen molar-refractivity contribution in [2.45, 2.75) is 19.8 Å². The van der Waals surface area contributed by atoms with Crippen LogP contribution in [-0.2, 0) is 17.6 Å². The number of carbonyl (C=O) groups is 1. The van der Waals surface area contributed by atoms with E-state index in [9.17, 15) is 4.79 Å². The zero-order valence-electron chi connectivity index (χ0n) is 12.5. The van der Waals surface area contributed by atoms with Gasteiger partial charge in [-0.15, -0.1) is 0 Å². The van der Waals surface area contributed by atoms with Gasteiger partial charge in [0.1, 0.15) is 0 Å². The molecule has 0 bridgehead atoms. The Hall–Kier alpha value is -1.18. The number of halogens is 2. The Morgan fingerprint density at radius 1 is 1.22 bits per heavy atom. The molecule has 0 atom stereocenters. The number of hydrogen-bond donors (Lipinski definition) is 2. The minimum absolute atomic E-state index is 0.159. The molecule has 3 nitrogen and oxygen atoms in total. The van der Waals surface area contributed by atoms with E-state index in [2.05, 4.69) is 46.2 Å². The lowest BCUT2D eigenvalue weighted by atomic mass is 10.1. The Kier molecular flexibility index (Phi) is 6.80. The molecule has 6 heteroatoms. The second-order valence-electron chi connectivity index (χ2n) is 4.96. The molecule has 0 aliphatic rings. The van der Waals surface area contributed by atoms with E-state index < -0.39 is 0 Å². The van der Waals surface area contributed by atoms with Gasteiger partial charge in [0, 0.05) is 14.3 Å². The third kappa shape index (κ3) is 5.75. The summed E-state index contributed by atoms with van der Waals surface area (Å²) in [5.41, 5.74) is 2.97. The number of carbonyl (C=O) groups excluding carboxylic acids is 1. The maximum atomic E-state index is 12.0. The first-order chi connectivity index (χ1) is 11.0. The zero-order chi connectivity index (χ0) is 16.8. The number of anilines is 1. The summed E-state index contributed by atoms with van der Waals surface area (Å²) in [6.45, 7) is 2.08. The van der Waals surface area contributed by atoms with Gasteiger partial charge in [0.05, 0.1) is 6.42 Å². The highest BCUT2D eigenvalue weighted by Crippen LogP contribution is 2.19. The summed E-state index contributed by atoms with van der Waals surface area (Å²) >= 11 is 13.3. The highest BCUT2D eigenvalue weighted by molar-refractivity contribution is 14.1. The third-order valence-corrected chi connectivity index (χ3v) is 4.35. The summed E-state index contributed by atoms with van der Waals surface area (Å²) in [5.74, 6) is -0.159. The van der Waals surface area contributed by atoms with Crippen LogP contribution in [0.2, 0.25) is 5.02 Å². The predicted molar refractivity (Wildman–Crippen MR) is 108 cm³/mol. The van der Waals surface area contributed by atoms with Crippen molar-refractivity contribution < 1.29 is 4.79 Å². The van der Waals surface area contributed by atoms with E-state index in [4.69, 9.17) is 23.8 Å². The van der Waals surface area contributed by atoms with Gasteiger partial charge in [0.2, 0.25) is 5.91 Å². The minimum Gasteiger partial charge on any atom is -0.332 e. The number of aryl methyl sites for hydroxylation is 1. The normalized spacial score (nSPS) is 10.2. The SMILES string of the molecule is CCc1cc(I)ccc1NC(=S)NC(=O)Cc1ccc(Cl)cc1. The van der Waals surface area contributed by atoms with Gasteiger partial charge in [-0.2, -0.15) is 0 Å². The number of rotatable bonds is 4. The van der Waals surface area contributed by atoms with Crippen molar-refractivity contribution in [2.24, 2.45) is 0 Å². The molecule has 23 heavy (non-hydrogen) atoms. The lowest BCUT2D eigenvalue weighted by molar-refractivity contribution is -0.119. The van der Waals surface area contributed by atoms with Crippen LogP contribution in [0, 0.1) is 3.57 Å². The summed E-state index contributed by atoms with van der Waals surface area (Å²) in [5, 5.41) is 6.75. The average Bonchev–Trinajstić information content (AvgIpc) is 2.51. The summed E-state index contributed by atoms with van der Waals surface area (Å²) < 4.78 is 1.17. The van der Waals surface area contributed by atoms with Crippen molar-refractivity contribution in [3.05, 3.63) is 62.2 Å². The lowest BCUT2D eigenvalue weighted by Gasteiger charge is -2.13. The average molecular weight is 459 g/mol. The summed E-state index contributed by atoms with van der Waals surface area (Å²) in [6, 6.07) is 13.2. The van der Waals surface area contributed by atoms with Crippen LogP contribution in [0.1, 0.15) is 18.1 Å². The lowest BCUT2D eigenvalue weighted by Crippen LogP contribution is -2.35. The molecular formula is C17H16ClIN2OS. The fourth-order valence-corrected chi connectivity index (χ4v) is 2.99. The maximum Gasteiger partial charge on any atom is 0.230 e. The molecule has 2 N–H and O–H groups in total. The van der Waals surface area contributed by atoms with E-state index in [-0.39, 0.29) is 12.3 Å². The van der Waals surface area contributed by atoms with Crippen LogP contribution in [0.15, 0.2) is 42.5 Å². The molecule has 0 radical (unpaired) electrons. The molecule has 2 aromatic rings. The van der Waals surface area contributed by atoms with Crippen molar-refractivity contribution in [1.82, 2.24) is 5.32 Å². The van der Waals surface area contributed by atoms with E-state index in [1.54, 1.807) is 12.1 Å². The smallest absolute Gasteiger partial charge is 0.230 e. The fourth-order valence-electron chi connectivity index (χ4n) is 2.09. The van der Waals surface area contributed by atoms with Crippen LogP contribution in [0.4, 0.5) is 5.69 Å². The van der Waals surface area contributed by atoms with Gasteiger partial charge >= 0.3 is 0 Å². The predicted octanol–water partition coefficient (Wildman–Crippen LogP) is 4.56. The first-order valence-electron chi connectivity index (χ1n) is 7.11. The summed E-state index contributed by atoms with van der Waals surface area (Å²) in [6.07, 6.45) is 1.15. The summed E-state index contributed by atoms with van der Waals surface area (Å²) in [7, 11) is 0. The third-order valence-electron chi connectivity index (χ3n) is 3.23. The second-order valence-corrected chi connectivity index (χ2v) is 7.05. The molecule has 1 amide bonds. The Morgan fingerprint density at radius 3 is 2.57 bits per heavy atom.